The van der Waals surface area contributed by atoms with E-state index >= 15 is 4.39 Å². The van der Waals surface area contributed by atoms with Gasteiger partial charge in [0.2, 0.25) is 4.96 Å². The molecule has 0 N–H and O–H groups in total. The van der Waals surface area contributed by atoms with Crippen molar-refractivity contribution in [2.24, 2.45) is 0 Å². The van der Waals surface area contributed by atoms with Gasteiger partial charge in [0.05, 0.1) is 17.9 Å². The number of pyridine rings is 1. The van der Waals surface area contributed by atoms with E-state index in [2.05, 4.69) is 15.1 Å². The average molecular weight is 597 g/mol. The molecular weight excluding hydrogens is 576 g/mol. The summed E-state index contributed by atoms with van der Waals surface area (Å²) in [6.45, 7) is 1.45. The number of halogens is 5. The lowest BCUT2D eigenvalue weighted by Gasteiger charge is -2.35. The fourth-order valence-corrected chi connectivity index (χ4v) is 6.15. The summed E-state index contributed by atoms with van der Waals surface area (Å²) in [7, 11) is 0. The van der Waals surface area contributed by atoms with Gasteiger partial charge in [0.25, 0.3) is 11.8 Å². The SMILES string of the molecule is Cc1nn2c3c(nc2s1)CCN(C(=O)COc1ccc(N2CCC(F)(F)C2)nc1Cl)C3c1ccc(Cl)cc1F. The Morgan fingerprint density at radius 3 is 2.74 bits per heavy atom. The first-order valence-electron chi connectivity index (χ1n) is 12.1. The van der Waals surface area contributed by atoms with E-state index in [9.17, 15) is 13.6 Å². The first kappa shape index (κ1) is 26.1. The number of aromatic nitrogens is 4. The maximum Gasteiger partial charge on any atom is 0.266 e. The molecule has 1 aromatic carbocycles. The number of alkyl halides is 2. The first-order chi connectivity index (χ1) is 18.6. The minimum Gasteiger partial charge on any atom is -0.481 e. The van der Waals surface area contributed by atoms with E-state index in [4.69, 9.17) is 27.9 Å². The van der Waals surface area contributed by atoms with Crippen LogP contribution in [0.5, 0.6) is 5.75 Å². The van der Waals surface area contributed by atoms with E-state index in [1.54, 1.807) is 16.6 Å². The van der Waals surface area contributed by atoms with Crippen LogP contribution < -0.4 is 9.64 Å². The Kier molecular flexibility index (Phi) is 6.59. The van der Waals surface area contributed by atoms with Crippen LogP contribution in [0.15, 0.2) is 30.3 Å². The largest absolute Gasteiger partial charge is 0.481 e. The second kappa shape index (κ2) is 9.83. The highest BCUT2D eigenvalue weighted by molar-refractivity contribution is 7.16. The monoisotopic (exact) mass is 596 g/mol. The second-order valence-corrected chi connectivity index (χ2v) is 11.4. The topological polar surface area (TPSA) is 75.9 Å². The Balaban J connectivity index is 1.27. The summed E-state index contributed by atoms with van der Waals surface area (Å²) in [6.07, 6.45) is 0.204. The van der Waals surface area contributed by atoms with Gasteiger partial charge < -0.3 is 14.5 Å². The number of carbonyl (C=O) groups is 1. The van der Waals surface area contributed by atoms with Crippen LogP contribution in [0.4, 0.5) is 19.0 Å². The number of nitrogens with zero attached hydrogens (tertiary/aromatic N) is 6. The molecule has 1 amide bonds. The van der Waals surface area contributed by atoms with Gasteiger partial charge in [-0.05, 0) is 31.2 Å². The first-order valence-corrected chi connectivity index (χ1v) is 13.7. The van der Waals surface area contributed by atoms with Crippen LogP contribution in [0.1, 0.15) is 34.4 Å². The molecule has 1 unspecified atom stereocenters. The lowest BCUT2D eigenvalue weighted by atomic mass is 9.95. The van der Waals surface area contributed by atoms with Crippen LogP contribution in [-0.4, -0.2) is 62.6 Å². The summed E-state index contributed by atoms with van der Waals surface area (Å²) in [5.41, 5.74) is 1.61. The quantitative estimate of drug-likeness (QED) is 0.290. The lowest BCUT2D eigenvalue weighted by molar-refractivity contribution is -0.135. The molecule has 0 spiro atoms. The summed E-state index contributed by atoms with van der Waals surface area (Å²) >= 11 is 13.7. The fourth-order valence-electron chi connectivity index (χ4n) is 5.02. The molecule has 4 aromatic rings. The molecule has 5 heterocycles. The predicted molar refractivity (Wildman–Crippen MR) is 141 cm³/mol. The van der Waals surface area contributed by atoms with Crippen LogP contribution in [-0.2, 0) is 11.2 Å². The molecule has 0 bridgehead atoms. The van der Waals surface area contributed by atoms with Crippen molar-refractivity contribution in [2.45, 2.75) is 31.7 Å². The molecule has 2 aliphatic rings. The second-order valence-electron chi connectivity index (χ2n) is 9.44. The van der Waals surface area contributed by atoms with Gasteiger partial charge in [-0.15, -0.1) is 0 Å². The van der Waals surface area contributed by atoms with Crippen LogP contribution in [0.2, 0.25) is 10.2 Å². The number of imidazole rings is 1. The molecule has 0 saturated carbocycles. The van der Waals surface area contributed by atoms with Crippen LogP contribution in [0.25, 0.3) is 4.96 Å². The molecule has 204 valence electrons. The molecule has 0 radical (unpaired) electrons. The van der Waals surface area contributed by atoms with Crippen molar-refractivity contribution in [3.63, 3.8) is 0 Å². The number of carbonyl (C=O) groups excluding carboxylic acids is 1. The third-order valence-electron chi connectivity index (χ3n) is 6.80. The maximum atomic E-state index is 15.2. The van der Waals surface area contributed by atoms with E-state index in [-0.39, 0.29) is 41.0 Å². The van der Waals surface area contributed by atoms with E-state index in [1.165, 1.54) is 39.3 Å². The van der Waals surface area contributed by atoms with Gasteiger partial charge in [-0.2, -0.15) is 5.10 Å². The molecule has 6 rings (SSSR count). The number of ether oxygens (including phenoxy) is 1. The summed E-state index contributed by atoms with van der Waals surface area (Å²) in [6, 6.07) is 6.54. The Hall–Kier alpha value is -3.09. The molecule has 1 fully saturated rings. The Bertz CT molecular complexity index is 1600. The predicted octanol–water partition coefficient (Wildman–Crippen LogP) is 5.34. The molecule has 1 saturated heterocycles. The summed E-state index contributed by atoms with van der Waals surface area (Å²) in [5, 5.41) is 5.51. The highest BCUT2D eigenvalue weighted by Crippen LogP contribution is 2.38. The number of hydrogen-bond acceptors (Lipinski definition) is 7. The summed E-state index contributed by atoms with van der Waals surface area (Å²) in [4.78, 5) is 26.0. The van der Waals surface area contributed by atoms with Crippen molar-refractivity contribution in [2.75, 3.05) is 31.1 Å². The van der Waals surface area contributed by atoms with Gasteiger partial charge in [0, 0.05) is 36.5 Å². The fraction of sp³-hybridized carbons (Fsp3) is 0.360. The van der Waals surface area contributed by atoms with Gasteiger partial charge in [-0.1, -0.05) is 40.6 Å². The zero-order chi connectivity index (χ0) is 27.5. The highest BCUT2D eigenvalue weighted by Gasteiger charge is 2.40. The Labute approximate surface area is 234 Å². The molecule has 2 aliphatic heterocycles. The normalized spacial score (nSPS) is 18.6. The van der Waals surface area contributed by atoms with Crippen LogP contribution in [0, 0.1) is 12.7 Å². The number of amides is 1. The van der Waals surface area contributed by atoms with Crippen molar-refractivity contribution in [3.8, 4) is 5.75 Å². The van der Waals surface area contributed by atoms with Gasteiger partial charge in [0.15, 0.2) is 17.5 Å². The van der Waals surface area contributed by atoms with Gasteiger partial charge in [-0.25, -0.2) is 27.7 Å². The van der Waals surface area contributed by atoms with Crippen molar-refractivity contribution >= 4 is 51.2 Å². The molecule has 8 nitrogen and oxygen atoms in total. The van der Waals surface area contributed by atoms with E-state index in [1.807, 2.05) is 6.92 Å². The van der Waals surface area contributed by atoms with Crippen molar-refractivity contribution in [1.29, 1.82) is 0 Å². The number of hydrogen-bond donors (Lipinski definition) is 0. The average Bonchev–Trinajstić information content (AvgIpc) is 3.53. The van der Waals surface area contributed by atoms with Crippen molar-refractivity contribution < 1.29 is 22.7 Å². The minimum absolute atomic E-state index is 0.0489. The standard InChI is InChI=1S/C25H21Cl2F3N6O2S/c1-13-33-36-22-17(31-24(36)39-13)6-8-35(21(22)15-3-2-14(26)10-16(15)28)20(37)11-38-18-4-5-19(32-23(18)27)34-9-7-25(29,30)12-34/h2-5,10,21H,6-9,11-12H2,1H3. The van der Waals surface area contributed by atoms with Crippen molar-refractivity contribution in [1.82, 2.24) is 24.5 Å². The molecular formula is C25H21Cl2F3N6O2S. The van der Waals surface area contributed by atoms with Crippen molar-refractivity contribution in [3.05, 3.63) is 68.3 Å². The van der Waals surface area contributed by atoms with Crippen LogP contribution in [0.3, 0.4) is 0 Å². The van der Waals surface area contributed by atoms with Gasteiger partial charge in [-0.3, -0.25) is 4.79 Å². The maximum absolute atomic E-state index is 15.2. The third-order valence-corrected chi connectivity index (χ3v) is 8.13. The van der Waals surface area contributed by atoms with E-state index in [0.717, 1.165) is 10.7 Å². The lowest BCUT2D eigenvalue weighted by Crippen LogP contribution is -2.43. The minimum atomic E-state index is -2.78. The number of rotatable bonds is 5. The smallest absolute Gasteiger partial charge is 0.266 e. The molecule has 0 aliphatic carbocycles. The molecule has 39 heavy (non-hydrogen) atoms. The molecule has 1 atom stereocenters. The number of benzene rings is 1. The summed E-state index contributed by atoms with van der Waals surface area (Å²) < 4.78 is 49.8. The third kappa shape index (κ3) is 4.89. The highest BCUT2D eigenvalue weighted by atomic mass is 35.5. The van der Waals surface area contributed by atoms with E-state index in [0.29, 0.717) is 22.9 Å². The Morgan fingerprint density at radius 2 is 2.03 bits per heavy atom. The zero-order valence-corrected chi connectivity index (χ0v) is 22.8. The van der Waals surface area contributed by atoms with Crippen LogP contribution >= 0.6 is 34.5 Å². The summed E-state index contributed by atoms with van der Waals surface area (Å²) in [5.74, 6) is -3.31. The van der Waals surface area contributed by atoms with Gasteiger partial charge in [0.1, 0.15) is 22.7 Å². The zero-order valence-electron chi connectivity index (χ0n) is 20.5. The number of aryl methyl sites for hydroxylation is 1. The molecule has 14 heteroatoms. The molecule has 3 aromatic heterocycles. The number of fused-ring (bicyclic) bond motifs is 3. The van der Waals surface area contributed by atoms with E-state index < -0.39 is 36.8 Å². The Morgan fingerprint density at radius 1 is 1.21 bits per heavy atom. The van der Waals surface area contributed by atoms with Gasteiger partial charge >= 0.3 is 0 Å². The number of anilines is 1.